The molecule has 1 N–H and O–H groups in total. The molecule has 1 atom stereocenters. The maximum atomic E-state index is 3.47. The van der Waals surface area contributed by atoms with Gasteiger partial charge in [-0.15, -0.1) is 0 Å². The third-order valence-corrected chi connectivity index (χ3v) is 3.37. The number of anilines is 1. The van der Waals surface area contributed by atoms with Gasteiger partial charge in [-0.25, -0.2) is 0 Å². The van der Waals surface area contributed by atoms with Crippen LogP contribution in [-0.2, 0) is 0 Å². The Morgan fingerprint density at radius 2 is 1.83 bits per heavy atom. The van der Waals surface area contributed by atoms with Crippen LogP contribution in [0.15, 0.2) is 30.3 Å². The van der Waals surface area contributed by atoms with Crippen LogP contribution in [-0.4, -0.2) is 25.7 Å². The summed E-state index contributed by atoms with van der Waals surface area (Å²) in [5, 5.41) is 3.47. The van der Waals surface area contributed by atoms with Gasteiger partial charge in [0.15, 0.2) is 0 Å². The molecule has 0 heterocycles. The Morgan fingerprint density at radius 1 is 1.11 bits per heavy atom. The van der Waals surface area contributed by atoms with E-state index in [2.05, 4.69) is 61.3 Å². The van der Waals surface area contributed by atoms with Crippen molar-refractivity contribution in [2.75, 3.05) is 24.5 Å². The van der Waals surface area contributed by atoms with Gasteiger partial charge >= 0.3 is 0 Å². The lowest BCUT2D eigenvalue weighted by Gasteiger charge is -2.23. The molecule has 0 aliphatic carbocycles. The van der Waals surface area contributed by atoms with Crippen LogP contribution in [0.1, 0.15) is 40.0 Å². The van der Waals surface area contributed by atoms with E-state index in [0.29, 0.717) is 6.04 Å². The molecule has 0 aromatic heterocycles. The molecular weight excluding hydrogens is 220 g/mol. The van der Waals surface area contributed by atoms with Crippen molar-refractivity contribution in [3.63, 3.8) is 0 Å². The SMILES string of the molecule is CCNC(C)CCCCN(CC)c1ccccc1. The standard InChI is InChI=1S/C16H28N2/c1-4-17-15(3)11-9-10-14-18(5-2)16-12-7-6-8-13-16/h6-8,12-13,15,17H,4-5,9-11,14H2,1-3H3. The fourth-order valence-corrected chi connectivity index (χ4v) is 2.31. The van der Waals surface area contributed by atoms with Crippen molar-refractivity contribution in [3.8, 4) is 0 Å². The second kappa shape index (κ2) is 8.98. The molecule has 18 heavy (non-hydrogen) atoms. The quantitative estimate of drug-likeness (QED) is 0.671. The Balaban J connectivity index is 2.24. The summed E-state index contributed by atoms with van der Waals surface area (Å²) in [6.07, 6.45) is 3.86. The number of hydrogen-bond donors (Lipinski definition) is 1. The predicted octanol–water partition coefficient (Wildman–Crippen LogP) is 3.68. The molecule has 2 nitrogen and oxygen atoms in total. The molecule has 0 aliphatic rings. The highest BCUT2D eigenvalue weighted by molar-refractivity contribution is 5.45. The van der Waals surface area contributed by atoms with Crippen molar-refractivity contribution in [1.82, 2.24) is 5.32 Å². The van der Waals surface area contributed by atoms with Gasteiger partial charge in [-0.3, -0.25) is 0 Å². The Bertz CT molecular complexity index is 297. The molecule has 2 heteroatoms. The van der Waals surface area contributed by atoms with E-state index >= 15 is 0 Å². The van der Waals surface area contributed by atoms with Gasteiger partial charge in [0.1, 0.15) is 0 Å². The minimum Gasteiger partial charge on any atom is -0.372 e. The first kappa shape index (κ1) is 15.0. The monoisotopic (exact) mass is 248 g/mol. The number of hydrogen-bond acceptors (Lipinski definition) is 2. The first-order valence-electron chi connectivity index (χ1n) is 7.31. The zero-order chi connectivity index (χ0) is 13.2. The van der Waals surface area contributed by atoms with E-state index in [-0.39, 0.29) is 0 Å². The van der Waals surface area contributed by atoms with Crippen molar-refractivity contribution >= 4 is 5.69 Å². The molecule has 0 saturated heterocycles. The van der Waals surface area contributed by atoms with Crippen molar-refractivity contribution in [3.05, 3.63) is 30.3 Å². The lowest BCUT2D eigenvalue weighted by molar-refractivity contribution is 0.501. The zero-order valence-electron chi connectivity index (χ0n) is 12.2. The molecule has 0 saturated carbocycles. The highest BCUT2D eigenvalue weighted by Gasteiger charge is 2.04. The van der Waals surface area contributed by atoms with Gasteiger partial charge in [0.05, 0.1) is 0 Å². The number of rotatable bonds is 9. The Kier molecular flexibility index (Phi) is 7.51. The van der Waals surface area contributed by atoms with E-state index in [0.717, 1.165) is 13.1 Å². The minimum absolute atomic E-state index is 0.654. The Morgan fingerprint density at radius 3 is 2.44 bits per heavy atom. The smallest absolute Gasteiger partial charge is 0.0366 e. The predicted molar refractivity (Wildman–Crippen MR) is 81.3 cm³/mol. The molecule has 0 radical (unpaired) electrons. The fraction of sp³-hybridized carbons (Fsp3) is 0.625. The van der Waals surface area contributed by atoms with E-state index in [1.54, 1.807) is 0 Å². The largest absolute Gasteiger partial charge is 0.372 e. The summed E-state index contributed by atoms with van der Waals surface area (Å²) in [4.78, 5) is 2.46. The maximum absolute atomic E-state index is 3.47. The number of benzene rings is 1. The maximum Gasteiger partial charge on any atom is 0.0366 e. The van der Waals surface area contributed by atoms with Gasteiger partial charge in [-0.05, 0) is 45.4 Å². The third-order valence-electron chi connectivity index (χ3n) is 3.37. The average Bonchev–Trinajstić information content (AvgIpc) is 2.40. The topological polar surface area (TPSA) is 15.3 Å². The highest BCUT2D eigenvalue weighted by atomic mass is 15.1. The Hall–Kier alpha value is -1.02. The fourth-order valence-electron chi connectivity index (χ4n) is 2.31. The van der Waals surface area contributed by atoms with E-state index < -0.39 is 0 Å². The molecule has 0 amide bonds. The van der Waals surface area contributed by atoms with Gasteiger partial charge in [0.2, 0.25) is 0 Å². The molecule has 1 unspecified atom stereocenters. The van der Waals surface area contributed by atoms with Crippen molar-refractivity contribution in [2.45, 2.75) is 46.1 Å². The molecule has 0 spiro atoms. The average molecular weight is 248 g/mol. The van der Waals surface area contributed by atoms with Crippen molar-refractivity contribution in [2.24, 2.45) is 0 Å². The second-order valence-electron chi connectivity index (χ2n) is 4.87. The van der Waals surface area contributed by atoms with Crippen LogP contribution in [0, 0.1) is 0 Å². The first-order valence-corrected chi connectivity index (χ1v) is 7.31. The molecule has 0 bridgehead atoms. The van der Waals surface area contributed by atoms with Crippen LogP contribution in [0.2, 0.25) is 0 Å². The summed E-state index contributed by atoms with van der Waals surface area (Å²) in [7, 11) is 0. The van der Waals surface area contributed by atoms with Gasteiger partial charge in [-0.1, -0.05) is 31.5 Å². The van der Waals surface area contributed by atoms with Gasteiger partial charge in [0.25, 0.3) is 0 Å². The number of nitrogens with zero attached hydrogens (tertiary/aromatic N) is 1. The minimum atomic E-state index is 0.654. The van der Waals surface area contributed by atoms with Crippen LogP contribution in [0.5, 0.6) is 0 Å². The number of para-hydroxylation sites is 1. The van der Waals surface area contributed by atoms with Crippen molar-refractivity contribution < 1.29 is 0 Å². The molecule has 1 rings (SSSR count). The van der Waals surface area contributed by atoms with Crippen LogP contribution in [0.4, 0.5) is 5.69 Å². The first-order chi connectivity index (χ1) is 8.77. The number of nitrogens with one attached hydrogen (secondary N) is 1. The molecule has 102 valence electrons. The van der Waals surface area contributed by atoms with Crippen molar-refractivity contribution in [1.29, 1.82) is 0 Å². The lowest BCUT2D eigenvalue weighted by atomic mass is 10.1. The molecule has 1 aromatic rings. The third kappa shape index (κ3) is 5.54. The Labute approximate surface area is 112 Å². The molecule has 1 aromatic carbocycles. The highest BCUT2D eigenvalue weighted by Crippen LogP contribution is 2.14. The lowest BCUT2D eigenvalue weighted by Crippen LogP contribution is -2.26. The van der Waals surface area contributed by atoms with Gasteiger partial charge in [0, 0.05) is 24.8 Å². The summed E-state index contributed by atoms with van der Waals surface area (Å²) < 4.78 is 0. The molecule has 0 aliphatic heterocycles. The van der Waals surface area contributed by atoms with E-state index in [4.69, 9.17) is 0 Å². The van der Waals surface area contributed by atoms with E-state index in [1.165, 1.54) is 31.5 Å². The van der Waals surface area contributed by atoms with Gasteiger partial charge in [-0.2, -0.15) is 0 Å². The van der Waals surface area contributed by atoms with Crippen LogP contribution in [0.3, 0.4) is 0 Å². The summed E-state index contributed by atoms with van der Waals surface area (Å²) in [5.74, 6) is 0. The van der Waals surface area contributed by atoms with Gasteiger partial charge < -0.3 is 10.2 Å². The van der Waals surface area contributed by atoms with Crippen LogP contribution in [0.25, 0.3) is 0 Å². The van der Waals surface area contributed by atoms with Crippen LogP contribution < -0.4 is 10.2 Å². The van der Waals surface area contributed by atoms with E-state index in [9.17, 15) is 0 Å². The summed E-state index contributed by atoms with van der Waals surface area (Å²) in [5.41, 5.74) is 1.35. The summed E-state index contributed by atoms with van der Waals surface area (Å²) in [6, 6.07) is 11.4. The molecule has 0 fully saturated rings. The summed E-state index contributed by atoms with van der Waals surface area (Å²) in [6.45, 7) is 10.0. The molecular formula is C16H28N2. The second-order valence-corrected chi connectivity index (χ2v) is 4.87. The normalized spacial score (nSPS) is 12.4. The van der Waals surface area contributed by atoms with Crippen LogP contribution >= 0.6 is 0 Å². The summed E-state index contributed by atoms with van der Waals surface area (Å²) >= 11 is 0. The number of unbranched alkanes of at least 4 members (excludes halogenated alkanes) is 1. The van der Waals surface area contributed by atoms with E-state index in [1.807, 2.05) is 0 Å². The zero-order valence-corrected chi connectivity index (χ0v) is 12.2.